The van der Waals surface area contributed by atoms with Gasteiger partial charge in [-0.3, -0.25) is 4.98 Å². The molecule has 0 unspecified atom stereocenters. The Balaban J connectivity index is 1.66. The van der Waals surface area contributed by atoms with E-state index in [1.807, 2.05) is 24.8 Å². The number of aryl methyl sites for hydroxylation is 3. The summed E-state index contributed by atoms with van der Waals surface area (Å²) < 4.78 is 2.09. The predicted octanol–water partition coefficient (Wildman–Crippen LogP) is 4.18. The van der Waals surface area contributed by atoms with Crippen molar-refractivity contribution in [3.8, 4) is 0 Å². The second kappa shape index (κ2) is 9.28. The second-order valence-corrected chi connectivity index (χ2v) is 7.05. The highest BCUT2D eigenvalue weighted by Gasteiger charge is 2.11. The molecule has 0 aliphatic heterocycles. The lowest BCUT2D eigenvalue weighted by Gasteiger charge is -2.26. The molecule has 0 atom stereocenters. The average Bonchev–Trinajstić information content (AvgIpc) is 3.18. The molecule has 5 nitrogen and oxygen atoms in total. The van der Waals surface area contributed by atoms with Crippen LogP contribution in [0.4, 0.5) is 5.69 Å². The number of nitrogens with one attached hydrogen (secondary N) is 1. The number of hydrogen-bond acceptors (Lipinski definition) is 3. The Bertz CT molecular complexity index is 862. The molecule has 0 amide bonds. The maximum absolute atomic E-state index is 5.72. The van der Waals surface area contributed by atoms with Gasteiger partial charge in [0.1, 0.15) is 0 Å². The van der Waals surface area contributed by atoms with Gasteiger partial charge in [0.25, 0.3) is 0 Å². The molecule has 27 heavy (non-hydrogen) atoms. The van der Waals surface area contributed by atoms with Crippen molar-refractivity contribution in [2.45, 2.75) is 33.4 Å². The molecule has 0 aliphatic rings. The Labute approximate surface area is 166 Å². The fourth-order valence-electron chi connectivity index (χ4n) is 2.85. The Kier molecular flexibility index (Phi) is 6.54. The van der Waals surface area contributed by atoms with Gasteiger partial charge >= 0.3 is 0 Å². The van der Waals surface area contributed by atoms with Crippen molar-refractivity contribution < 1.29 is 0 Å². The fourth-order valence-corrected chi connectivity index (χ4v) is 3.12. The molecule has 2 aromatic heterocycles. The van der Waals surface area contributed by atoms with E-state index in [9.17, 15) is 0 Å². The van der Waals surface area contributed by atoms with Crippen molar-refractivity contribution in [3.63, 3.8) is 0 Å². The molecule has 0 saturated heterocycles. The van der Waals surface area contributed by atoms with E-state index in [1.165, 1.54) is 11.1 Å². The van der Waals surface area contributed by atoms with Crippen LogP contribution in [-0.4, -0.2) is 31.1 Å². The average molecular weight is 380 g/mol. The Morgan fingerprint density at radius 1 is 1.15 bits per heavy atom. The number of pyridine rings is 1. The van der Waals surface area contributed by atoms with Gasteiger partial charge in [0.05, 0.1) is 6.33 Å². The summed E-state index contributed by atoms with van der Waals surface area (Å²) in [5.74, 6) is 0. The summed E-state index contributed by atoms with van der Waals surface area (Å²) in [6, 6.07) is 10.4. The highest BCUT2D eigenvalue weighted by atomic mass is 32.1. The van der Waals surface area contributed by atoms with Crippen LogP contribution < -0.4 is 5.32 Å². The van der Waals surface area contributed by atoms with Crippen LogP contribution in [0.1, 0.15) is 23.1 Å². The van der Waals surface area contributed by atoms with Crippen LogP contribution in [0.15, 0.2) is 61.4 Å². The van der Waals surface area contributed by atoms with E-state index in [0.717, 1.165) is 42.4 Å². The van der Waals surface area contributed by atoms with Crippen LogP contribution in [0.2, 0.25) is 0 Å². The first-order valence-electron chi connectivity index (χ1n) is 9.09. The van der Waals surface area contributed by atoms with Crippen molar-refractivity contribution >= 4 is 23.0 Å². The minimum Gasteiger partial charge on any atom is -0.345 e. The number of rotatable bonds is 7. The van der Waals surface area contributed by atoms with E-state index >= 15 is 0 Å². The molecule has 6 heteroatoms. The number of hydrogen-bond donors (Lipinski definition) is 1. The molecule has 0 radical (unpaired) electrons. The molecule has 0 spiro atoms. The van der Waals surface area contributed by atoms with Crippen LogP contribution >= 0.6 is 12.2 Å². The minimum absolute atomic E-state index is 0.729. The van der Waals surface area contributed by atoms with Crippen LogP contribution in [0.5, 0.6) is 0 Å². The monoisotopic (exact) mass is 379 g/mol. The standard InChI is InChI=1S/C21H25N5S/c1-17-6-7-20(13-18(17)2)24-21(27)26(15-19-5-3-8-22-14-19)11-4-10-25-12-9-23-16-25/h3,5-9,12-14,16H,4,10-11,15H2,1-2H3,(H,24,27). The first-order chi connectivity index (χ1) is 13.1. The van der Waals surface area contributed by atoms with Gasteiger partial charge in [-0.2, -0.15) is 0 Å². The van der Waals surface area contributed by atoms with Crippen molar-refractivity contribution in [1.82, 2.24) is 19.4 Å². The van der Waals surface area contributed by atoms with Gasteiger partial charge in [-0.1, -0.05) is 12.1 Å². The van der Waals surface area contributed by atoms with Crippen LogP contribution in [-0.2, 0) is 13.1 Å². The summed E-state index contributed by atoms with van der Waals surface area (Å²) in [6.07, 6.45) is 10.3. The number of benzene rings is 1. The zero-order chi connectivity index (χ0) is 19.1. The first-order valence-corrected chi connectivity index (χ1v) is 9.50. The second-order valence-electron chi connectivity index (χ2n) is 6.67. The lowest BCUT2D eigenvalue weighted by molar-refractivity contribution is 0.395. The molecule has 3 aromatic rings. The molecule has 2 heterocycles. The largest absolute Gasteiger partial charge is 0.345 e. The zero-order valence-corrected chi connectivity index (χ0v) is 16.6. The van der Waals surface area contributed by atoms with E-state index < -0.39 is 0 Å². The molecule has 1 N–H and O–H groups in total. The summed E-state index contributed by atoms with van der Waals surface area (Å²) in [4.78, 5) is 10.5. The third-order valence-electron chi connectivity index (χ3n) is 4.55. The summed E-state index contributed by atoms with van der Waals surface area (Å²) in [6.45, 7) is 6.72. The molecular formula is C21H25N5S. The number of nitrogens with zero attached hydrogens (tertiary/aromatic N) is 4. The molecule has 1 aromatic carbocycles. The molecule has 0 fully saturated rings. The molecule has 140 valence electrons. The lowest BCUT2D eigenvalue weighted by Crippen LogP contribution is -2.35. The van der Waals surface area contributed by atoms with E-state index in [-0.39, 0.29) is 0 Å². The van der Waals surface area contributed by atoms with Gasteiger partial charge in [-0.05, 0) is 67.4 Å². The highest BCUT2D eigenvalue weighted by molar-refractivity contribution is 7.80. The zero-order valence-electron chi connectivity index (χ0n) is 15.8. The Morgan fingerprint density at radius 2 is 2.04 bits per heavy atom. The fraction of sp³-hybridized carbons (Fsp3) is 0.286. The van der Waals surface area contributed by atoms with E-state index in [0.29, 0.717) is 0 Å². The number of thiocarbonyl (C=S) groups is 1. The van der Waals surface area contributed by atoms with Crippen molar-refractivity contribution in [2.75, 3.05) is 11.9 Å². The van der Waals surface area contributed by atoms with Crippen molar-refractivity contribution in [2.24, 2.45) is 0 Å². The van der Waals surface area contributed by atoms with Gasteiger partial charge in [0, 0.05) is 50.1 Å². The third-order valence-corrected chi connectivity index (χ3v) is 4.91. The molecule has 0 aliphatic carbocycles. The Morgan fingerprint density at radius 3 is 2.74 bits per heavy atom. The topological polar surface area (TPSA) is 46.0 Å². The first kappa shape index (κ1) is 19.0. The lowest BCUT2D eigenvalue weighted by atomic mass is 10.1. The van der Waals surface area contributed by atoms with Gasteiger partial charge in [0.15, 0.2) is 5.11 Å². The third kappa shape index (κ3) is 5.62. The minimum atomic E-state index is 0.729. The SMILES string of the molecule is Cc1ccc(NC(=S)N(CCCn2ccnc2)Cc2cccnc2)cc1C. The van der Waals surface area contributed by atoms with Crippen molar-refractivity contribution in [1.29, 1.82) is 0 Å². The van der Waals surface area contributed by atoms with Crippen LogP contribution in [0, 0.1) is 13.8 Å². The Hall–Kier alpha value is -2.73. The number of imidazole rings is 1. The summed E-state index contributed by atoms with van der Waals surface area (Å²) in [7, 11) is 0. The van der Waals surface area contributed by atoms with Gasteiger partial charge in [-0.15, -0.1) is 0 Å². The maximum atomic E-state index is 5.72. The smallest absolute Gasteiger partial charge is 0.173 e. The van der Waals surface area contributed by atoms with Crippen LogP contribution in [0.25, 0.3) is 0 Å². The molecular weight excluding hydrogens is 354 g/mol. The predicted molar refractivity (Wildman–Crippen MR) is 114 cm³/mol. The quantitative estimate of drug-likeness (QED) is 0.624. The van der Waals surface area contributed by atoms with E-state index in [2.05, 4.69) is 62.9 Å². The van der Waals surface area contributed by atoms with E-state index in [4.69, 9.17) is 12.2 Å². The van der Waals surface area contributed by atoms with Gasteiger partial charge in [0.2, 0.25) is 0 Å². The van der Waals surface area contributed by atoms with E-state index in [1.54, 1.807) is 12.4 Å². The normalized spacial score (nSPS) is 10.6. The van der Waals surface area contributed by atoms with Gasteiger partial charge < -0.3 is 14.8 Å². The molecule has 3 rings (SSSR count). The summed E-state index contributed by atoms with van der Waals surface area (Å²) in [5.41, 5.74) is 4.69. The van der Waals surface area contributed by atoms with Crippen molar-refractivity contribution in [3.05, 3.63) is 78.1 Å². The molecule has 0 bridgehead atoms. The summed E-state index contributed by atoms with van der Waals surface area (Å²) >= 11 is 5.72. The highest BCUT2D eigenvalue weighted by Crippen LogP contribution is 2.16. The van der Waals surface area contributed by atoms with Crippen LogP contribution in [0.3, 0.4) is 0 Å². The maximum Gasteiger partial charge on any atom is 0.173 e. The number of aromatic nitrogens is 3. The molecule has 0 saturated carbocycles. The van der Waals surface area contributed by atoms with Gasteiger partial charge in [-0.25, -0.2) is 4.98 Å². The summed E-state index contributed by atoms with van der Waals surface area (Å²) in [5, 5.41) is 4.12. The number of anilines is 1.